The number of hydrogen-bond acceptors (Lipinski definition) is 13. The number of carboxylic acid groups (broad SMARTS) is 2. The number of nitrogens with one attached hydrogen (secondary N) is 7. The zero-order chi connectivity index (χ0) is 61.4. The van der Waals surface area contributed by atoms with E-state index in [1.165, 1.54) is 11.9 Å². The normalized spacial score (nSPS) is 19.5. The molecule has 2 fully saturated rings. The molecule has 9 amide bonds. The molecule has 81 heavy (non-hydrogen) atoms. The lowest BCUT2D eigenvalue weighted by Crippen LogP contribution is -2.62. The second-order valence-electron chi connectivity index (χ2n) is 24.4. The number of aliphatic hydroxyl groups excluding tert-OH is 1. The van der Waals surface area contributed by atoms with Gasteiger partial charge in [-0.2, -0.15) is 0 Å². The first-order valence-electron chi connectivity index (χ1n) is 29.4. The van der Waals surface area contributed by atoms with Crippen molar-refractivity contribution >= 4 is 65.1 Å². The van der Waals surface area contributed by atoms with E-state index >= 15 is 0 Å². The fraction of sp³-hybridized carbons (Fsp3) is 0.807. The van der Waals surface area contributed by atoms with Crippen LogP contribution in [-0.4, -0.2) is 153 Å². The highest BCUT2D eigenvalue weighted by Gasteiger charge is 2.41. The first kappa shape index (κ1) is 71.2. The number of aliphatic carboxylic acids is 2. The molecule has 0 aromatic rings. The quantitative estimate of drug-likeness (QED) is 0.0432. The lowest BCUT2D eigenvalue weighted by molar-refractivity contribution is -0.147. The number of carbonyl (C=O) groups excluding carboxylic acids is 9. The average molecular weight is 1150 g/mol. The third-order valence-electron chi connectivity index (χ3n) is 15.6. The fourth-order valence-corrected chi connectivity index (χ4v) is 10.7. The fourth-order valence-electron chi connectivity index (χ4n) is 10.7. The zero-order valence-electron chi connectivity index (χ0n) is 50.0. The number of carbonyl (C=O) groups is 11. The largest absolute Gasteiger partial charge is 0.481 e. The SMILES string of the molecule is CCC(C)C(C(=O)NC(C(=O)O)C(C)C)N(C)C(=O)C(CC1CCC(O)CC1)NC(=O)C(NC(=O)C(CC(C)C)NC(=O)C(CCCC(N)=O)NC(=O)C(CC(=O)O)NC(=O)C(CC(C)C)NC(=O)C(N)CC1CCCCC1)C(C)C. The summed E-state index contributed by atoms with van der Waals surface area (Å²) in [4.78, 5) is 150. The van der Waals surface area contributed by atoms with Crippen LogP contribution in [0.3, 0.4) is 0 Å². The van der Waals surface area contributed by atoms with E-state index < -0.39 is 150 Å². The van der Waals surface area contributed by atoms with Crippen molar-refractivity contribution in [2.75, 3.05) is 7.05 Å². The van der Waals surface area contributed by atoms with Gasteiger partial charge in [0, 0.05) is 13.5 Å². The number of aliphatic hydroxyl groups is 1. The average Bonchev–Trinajstić information content (AvgIpc) is 3.43. The van der Waals surface area contributed by atoms with Crippen LogP contribution in [0.2, 0.25) is 0 Å². The molecule has 24 heteroatoms. The van der Waals surface area contributed by atoms with Gasteiger partial charge in [0.25, 0.3) is 0 Å². The van der Waals surface area contributed by atoms with Gasteiger partial charge in [0.05, 0.1) is 18.6 Å². The third kappa shape index (κ3) is 25.0. The smallest absolute Gasteiger partial charge is 0.326 e. The van der Waals surface area contributed by atoms with E-state index in [-0.39, 0.29) is 62.2 Å². The number of nitrogens with two attached hydrogens (primary N) is 2. The maximum atomic E-state index is 14.7. The minimum absolute atomic E-state index is 0.00891. The predicted octanol–water partition coefficient (Wildman–Crippen LogP) is 2.11. The summed E-state index contributed by atoms with van der Waals surface area (Å²) in [5.74, 6) is -11.6. The monoisotopic (exact) mass is 1150 g/mol. The molecule has 2 saturated carbocycles. The van der Waals surface area contributed by atoms with Crippen LogP contribution in [0.15, 0.2) is 0 Å². The highest BCUT2D eigenvalue weighted by atomic mass is 16.4. The van der Waals surface area contributed by atoms with Crippen LogP contribution in [0.5, 0.6) is 0 Å². The molecule has 2 aliphatic carbocycles. The number of hydrogen-bond donors (Lipinski definition) is 12. The first-order valence-corrected chi connectivity index (χ1v) is 29.4. The number of primary amides is 1. The van der Waals surface area contributed by atoms with Gasteiger partial charge in [-0.05, 0) is 106 Å². The van der Waals surface area contributed by atoms with Crippen LogP contribution in [0.4, 0.5) is 0 Å². The van der Waals surface area contributed by atoms with Crippen LogP contribution >= 0.6 is 0 Å². The standard InChI is InChI=1S/C57H100N10O14/c1-12-34(10)48(55(78)66-47(33(8)9)57(80)81)67(11)56(79)43(28-36-21-23-37(68)24-22-36)64-54(77)46(32(6)7)65-53(76)41(26-31(4)5)62-50(73)39(19-16-20-44(59)69)60-52(75)42(29-45(70)71)63-51(74)40(25-30(2)3)61-49(72)38(58)27-35-17-14-13-15-18-35/h30-43,46-48,68H,12-29,58H2,1-11H3,(H2,59,69)(H,60,75)(H,61,72)(H,62,73)(H,63,74)(H,64,77)(H,65,76)(H,66,78)(H,70,71)(H,80,81). The number of carboxylic acids is 2. The number of rotatable bonds is 35. The maximum absolute atomic E-state index is 14.7. The van der Waals surface area contributed by atoms with Crippen LogP contribution in [0, 0.1) is 41.4 Å². The van der Waals surface area contributed by atoms with Gasteiger partial charge in [0.2, 0.25) is 53.2 Å². The minimum Gasteiger partial charge on any atom is -0.481 e. The molecule has 0 aromatic heterocycles. The third-order valence-corrected chi connectivity index (χ3v) is 15.6. The Morgan fingerprint density at radius 1 is 0.543 bits per heavy atom. The predicted molar refractivity (Wildman–Crippen MR) is 303 cm³/mol. The molecule has 0 spiro atoms. The van der Waals surface area contributed by atoms with Gasteiger partial charge in [-0.1, -0.05) is 108 Å². The Balaban J connectivity index is 2.47. The summed E-state index contributed by atoms with van der Waals surface area (Å²) >= 11 is 0. The van der Waals surface area contributed by atoms with Crippen molar-refractivity contribution in [3.63, 3.8) is 0 Å². The van der Waals surface area contributed by atoms with Crippen molar-refractivity contribution in [2.24, 2.45) is 52.9 Å². The second kappa shape index (κ2) is 35.2. The van der Waals surface area contributed by atoms with Gasteiger partial charge in [0.1, 0.15) is 48.3 Å². The summed E-state index contributed by atoms with van der Waals surface area (Å²) < 4.78 is 0. The summed E-state index contributed by atoms with van der Waals surface area (Å²) in [6, 6.07) is -11.7. The van der Waals surface area contributed by atoms with E-state index in [0.29, 0.717) is 38.5 Å². The molecule has 14 N–H and O–H groups in total. The molecule has 2 rings (SSSR count). The van der Waals surface area contributed by atoms with E-state index in [9.17, 15) is 68.1 Å². The molecule has 0 aliphatic heterocycles. The van der Waals surface area contributed by atoms with Crippen LogP contribution in [0.25, 0.3) is 0 Å². The number of likely N-dealkylation sites (N-methyl/N-ethyl adjacent to an activating group) is 1. The summed E-state index contributed by atoms with van der Waals surface area (Å²) in [5, 5.41) is 48.5. The molecule has 2 aliphatic rings. The maximum Gasteiger partial charge on any atom is 0.326 e. The molecule has 0 heterocycles. The summed E-state index contributed by atoms with van der Waals surface area (Å²) in [6.07, 6.45) is 6.27. The Kier molecular flexibility index (Phi) is 30.9. The molecular weight excluding hydrogens is 1050 g/mol. The van der Waals surface area contributed by atoms with Crippen LogP contribution < -0.4 is 48.7 Å². The highest BCUT2D eigenvalue weighted by molar-refractivity contribution is 5.99. The molecular formula is C57H100N10O14. The summed E-state index contributed by atoms with van der Waals surface area (Å²) in [5.41, 5.74) is 11.7. The molecule has 462 valence electrons. The first-order chi connectivity index (χ1) is 37.9. The van der Waals surface area contributed by atoms with E-state index in [1.807, 2.05) is 20.8 Å². The van der Waals surface area contributed by atoms with E-state index in [0.717, 1.165) is 32.1 Å². The molecule has 24 nitrogen and oxygen atoms in total. The summed E-state index contributed by atoms with van der Waals surface area (Å²) in [7, 11) is 1.42. The van der Waals surface area contributed by atoms with Crippen LogP contribution in [0.1, 0.15) is 185 Å². The van der Waals surface area contributed by atoms with E-state index in [2.05, 4.69) is 37.2 Å². The Bertz CT molecular complexity index is 2110. The lowest BCUT2D eigenvalue weighted by Gasteiger charge is -2.37. The molecule has 0 radical (unpaired) electrons. The van der Waals surface area contributed by atoms with Gasteiger partial charge in [-0.3, -0.25) is 47.9 Å². The topological polar surface area (TPSA) is 388 Å². The molecule has 0 aromatic carbocycles. The Morgan fingerprint density at radius 3 is 1.49 bits per heavy atom. The van der Waals surface area contributed by atoms with Gasteiger partial charge in [0.15, 0.2) is 0 Å². The Hall–Kier alpha value is -5.91. The molecule has 0 bridgehead atoms. The van der Waals surface area contributed by atoms with Crippen LogP contribution in [-0.2, 0) is 52.7 Å². The van der Waals surface area contributed by atoms with E-state index in [1.54, 1.807) is 48.5 Å². The second-order valence-corrected chi connectivity index (χ2v) is 24.4. The molecule has 10 unspecified atom stereocenters. The Morgan fingerprint density at radius 2 is 1.00 bits per heavy atom. The Labute approximate surface area is 479 Å². The van der Waals surface area contributed by atoms with Crippen molar-refractivity contribution in [3.8, 4) is 0 Å². The van der Waals surface area contributed by atoms with Crippen molar-refractivity contribution in [1.29, 1.82) is 0 Å². The lowest BCUT2D eigenvalue weighted by atomic mass is 9.83. The van der Waals surface area contributed by atoms with Gasteiger partial charge in [-0.15, -0.1) is 0 Å². The molecule has 10 atom stereocenters. The van der Waals surface area contributed by atoms with Crippen molar-refractivity contribution in [1.82, 2.24) is 42.1 Å². The van der Waals surface area contributed by atoms with Gasteiger partial charge < -0.3 is 68.9 Å². The van der Waals surface area contributed by atoms with Gasteiger partial charge >= 0.3 is 11.9 Å². The summed E-state index contributed by atoms with van der Waals surface area (Å²) in [6.45, 7) is 17.3. The van der Waals surface area contributed by atoms with Crippen molar-refractivity contribution in [2.45, 2.75) is 245 Å². The number of amides is 9. The number of nitrogens with zero attached hydrogens (tertiary/aromatic N) is 1. The van der Waals surface area contributed by atoms with E-state index in [4.69, 9.17) is 11.5 Å². The van der Waals surface area contributed by atoms with Crippen molar-refractivity contribution < 1.29 is 68.1 Å². The van der Waals surface area contributed by atoms with Crippen molar-refractivity contribution in [3.05, 3.63) is 0 Å². The van der Waals surface area contributed by atoms with Gasteiger partial charge in [-0.25, -0.2) is 4.79 Å². The zero-order valence-corrected chi connectivity index (χ0v) is 50.0. The minimum atomic E-state index is -1.77. The molecule has 0 saturated heterocycles. The highest BCUT2D eigenvalue weighted by Crippen LogP contribution is 2.30.